The predicted molar refractivity (Wildman–Crippen MR) is 68.3 cm³/mol. The molecule has 3 nitrogen and oxygen atoms in total. The lowest BCUT2D eigenvalue weighted by atomic mass is 10.3. The van der Waals surface area contributed by atoms with Crippen LogP contribution in [0.1, 0.15) is 19.4 Å². The monoisotopic (exact) mass is 271 g/mol. The number of hydrogen-bond donors (Lipinski definition) is 2. The summed E-state index contributed by atoms with van der Waals surface area (Å²) in [5.41, 5.74) is 1.16. The van der Waals surface area contributed by atoms with Crippen LogP contribution in [-0.2, 0) is 0 Å². The van der Waals surface area contributed by atoms with E-state index in [0.717, 1.165) is 28.9 Å². The molecule has 1 heterocycles. The van der Waals surface area contributed by atoms with Gasteiger partial charge in [-0.1, -0.05) is 13.8 Å². The van der Waals surface area contributed by atoms with Gasteiger partial charge in [0.2, 0.25) is 0 Å². The van der Waals surface area contributed by atoms with E-state index >= 15 is 0 Å². The number of anilines is 1. The van der Waals surface area contributed by atoms with Crippen LogP contribution in [0.4, 0.5) is 5.82 Å². The van der Waals surface area contributed by atoms with Crippen LogP contribution >= 0.6 is 15.9 Å². The fourth-order valence-corrected chi connectivity index (χ4v) is 1.81. The summed E-state index contributed by atoms with van der Waals surface area (Å²) in [6, 6.07) is 2.59. The fraction of sp³-hybridized carbons (Fsp3) is 0.545. The van der Waals surface area contributed by atoms with E-state index in [1.165, 1.54) is 0 Å². The zero-order chi connectivity index (χ0) is 11.3. The van der Waals surface area contributed by atoms with Crippen molar-refractivity contribution in [2.45, 2.75) is 26.8 Å². The molecule has 0 saturated heterocycles. The minimum Gasteiger partial charge on any atom is -0.368 e. The molecule has 1 aromatic heterocycles. The molecule has 0 fully saturated rings. The third kappa shape index (κ3) is 4.62. The average molecular weight is 272 g/mol. The van der Waals surface area contributed by atoms with Crippen molar-refractivity contribution in [2.75, 3.05) is 18.4 Å². The van der Waals surface area contributed by atoms with Crippen molar-refractivity contribution in [1.82, 2.24) is 10.3 Å². The Kier molecular flexibility index (Phi) is 5.05. The second kappa shape index (κ2) is 6.08. The quantitative estimate of drug-likeness (QED) is 0.809. The Labute approximate surface area is 99.8 Å². The van der Waals surface area contributed by atoms with Crippen molar-refractivity contribution < 1.29 is 0 Å². The normalized spacial score (nSPS) is 10.7. The molecule has 1 aromatic rings. The van der Waals surface area contributed by atoms with E-state index in [1.54, 1.807) is 0 Å². The Balaban J connectivity index is 2.37. The number of halogens is 1. The number of nitrogens with one attached hydrogen (secondary N) is 2. The standard InChI is InChI=1S/C11H18BrN3/c1-8(2)13-4-5-14-11-10(12)6-9(3)7-15-11/h6-8,13H,4-5H2,1-3H3,(H,14,15). The highest BCUT2D eigenvalue weighted by Gasteiger charge is 2.00. The molecule has 0 radical (unpaired) electrons. The summed E-state index contributed by atoms with van der Waals surface area (Å²) in [4.78, 5) is 4.31. The van der Waals surface area contributed by atoms with Crippen LogP contribution < -0.4 is 10.6 Å². The highest BCUT2D eigenvalue weighted by molar-refractivity contribution is 9.10. The minimum absolute atomic E-state index is 0.529. The number of rotatable bonds is 5. The molecule has 0 spiro atoms. The van der Waals surface area contributed by atoms with Gasteiger partial charge in [0.15, 0.2) is 0 Å². The molecular formula is C11H18BrN3. The second-order valence-electron chi connectivity index (χ2n) is 3.88. The molecule has 0 aromatic carbocycles. The van der Waals surface area contributed by atoms with Crippen molar-refractivity contribution in [2.24, 2.45) is 0 Å². The number of aromatic nitrogens is 1. The van der Waals surface area contributed by atoms with Gasteiger partial charge >= 0.3 is 0 Å². The SMILES string of the molecule is Cc1cnc(NCCNC(C)C)c(Br)c1. The van der Waals surface area contributed by atoms with Gasteiger partial charge in [0.25, 0.3) is 0 Å². The van der Waals surface area contributed by atoms with Crippen LogP contribution in [0.2, 0.25) is 0 Å². The van der Waals surface area contributed by atoms with Crippen molar-refractivity contribution in [3.05, 3.63) is 22.3 Å². The molecule has 2 N–H and O–H groups in total. The maximum atomic E-state index is 4.31. The Morgan fingerprint density at radius 3 is 2.73 bits per heavy atom. The summed E-state index contributed by atoms with van der Waals surface area (Å²) in [6.45, 7) is 8.13. The first-order valence-corrected chi connectivity index (χ1v) is 5.98. The number of nitrogens with zero attached hydrogens (tertiary/aromatic N) is 1. The zero-order valence-corrected chi connectivity index (χ0v) is 11.1. The van der Waals surface area contributed by atoms with E-state index in [4.69, 9.17) is 0 Å². The third-order valence-electron chi connectivity index (χ3n) is 1.95. The van der Waals surface area contributed by atoms with Gasteiger partial charge in [-0.15, -0.1) is 0 Å². The van der Waals surface area contributed by atoms with Crippen LogP contribution in [0.15, 0.2) is 16.7 Å². The number of pyridine rings is 1. The van der Waals surface area contributed by atoms with Gasteiger partial charge in [0, 0.05) is 25.3 Å². The van der Waals surface area contributed by atoms with E-state index < -0.39 is 0 Å². The maximum absolute atomic E-state index is 4.31. The van der Waals surface area contributed by atoms with Crippen molar-refractivity contribution in [1.29, 1.82) is 0 Å². The van der Waals surface area contributed by atoms with Crippen LogP contribution in [0.5, 0.6) is 0 Å². The van der Waals surface area contributed by atoms with Crippen LogP contribution in [0, 0.1) is 6.92 Å². The minimum atomic E-state index is 0.529. The third-order valence-corrected chi connectivity index (χ3v) is 2.55. The van der Waals surface area contributed by atoms with Crippen molar-refractivity contribution >= 4 is 21.7 Å². The molecule has 1 rings (SSSR count). The number of hydrogen-bond acceptors (Lipinski definition) is 3. The summed E-state index contributed by atoms with van der Waals surface area (Å²) >= 11 is 3.48. The van der Waals surface area contributed by atoms with Gasteiger partial charge in [-0.05, 0) is 34.5 Å². The zero-order valence-electron chi connectivity index (χ0n) is 9.47. The molecule has 0 bridgehead atoms. The first-order valence-electron chi connectivity index (χ1n) is 5.19. The first-order chi connectivity index (χ1) is 7.09. The summed E-state index contributed by atoms with van der Waals surface area (Å²) in [5.74, 6) is 0.908. The highest BCUT2D eigenvalue weighted by Crippen LogP contribution is 2.19. The molecule has 0 saturated carbocycles. The molecule has 0 amide bonds. The molecule has 15 heavy (non-hydrogen) atoms. The van der Waals surface area contributed by atoms with E-state index in [1.807, 2.05) is 13.1 Å². The molecule has 0 aliphatic carbocycles. The van der Waals surface area contributed by atoms with Gasteiger partial charge < -0.3 is 10.6 Å². The van der Waals surface area contributed by atoms with Crippen LogP contribution in [-0.4, -0.2) is 24.1 Å². The Morgan fingerprint density at radius 1 is 1.40 bits per heavy atom. The summed E-state index contributed by atoms with van der Waals surface area (Å²) in [7, 11) is 0. The largest absolute Gasteiger partial charge is 0.368 e. The lowest BCUT2D eigenvalue weighted by molar-refractivity contribution is 0.602. The molecule has 0 aliphatic heterocycles. The van der Waals surface area contributed by atoms with Crippen molar-refractivity contribution in [3.63, 3.8) is 0 Å². The van der Waals surface area contributed by atoms with Crippen molar-refractivity contribution in [3.8, 4) is 0 Å². The van der Waals surface area contributed by atoms with E-state index in [0.29, 0.717) is 6.04 Å². The van der Waals surface area contributed by atoms with Gasteiger partial charge in [-0.2, -0.15) is 0 Å². The second-order valence-corrected chi connectivity index (χ2v) is 4.73. The Morgan fingerprint density at radius 2 is 2.13 bits per heavy atom. The summed E-state index contributed by atoms with van der Waals surface area (Å²) in [5, 5.41) is 6.62. The lowest BCUT2D eigenvalue weighted by Gasteiger charge is -2.10. The summed E-state index contributed by atoms with van der Waals surface area (Å²) < 4.78 is 1.02. The molecule has 0 aliphatic rings. The fourth-order valence-electron chi connectivity index (χ4n) is 1.21. The highest BCUT2D eigenvalue weighted by atomic mass is 79.9. The van der Waals surface area contributed by atoms with Gasteiger partial charge in [-0.3, -0.25) is 0 Å². The number of aryl methyl sites for hydroxylation is 1. The van der Waals surface area contributed by atoms with Gasteiger partial charge in [0.05, 0.1) is 4.47 Å². The molecule has 0 atom stereocenters. The van der Waals surface area contributed by atoms with Gasteiger partial charge in [0.1, 0.15) is 5.82 Å². The molecule has 4 heteroatoms. The molecule has 0 unspecified atom stereocenters. The van der Waals surface area contributed by atoms with Crippen LogP contribution in [0.25, 0.3) is 0 Å². The predicted octanol–water partition coefficient (Wildman–Crippen LogP) is 2.56. The lowest BCUT2D eigenvalue weighted by Crippen LogP contribution is -2.28. The smallest absolute Gasteiger partial charge is 0.140 e. The summed E-state index contributed by atoms with van der Waals surface area (Å²) in [6.07, 6.45) is 1.86. The van der Waals surface area contributed by atoms with Gasteiger partial charge in [-0.25, -0.2) is 4.98 Å². The molecular weight excluding hydrogens is 254 g/mol. The average Bonchev–Trinajstić information content (AvgIpc) is 2.14. The van der Waals surface area contributed by atoms with E-state index in [-0.39, 0.29) is 0 Å². The maximum Gasteiger partial charge on any atom is 0.140 e. The Hall–Kier alpha value is -0.610. The van der Waals surface area contributed by atoms with E-state index in [9.17, 15) is 0 Å². The van der Waals surface area contributed by atoms with E-state index in [2.05, 4.69) is 51.5 Å². The topological polar surface area (TPSA) is 37.0 Å². The Bertz CT molecular complexity index is 313. The first kappa shape index (κ1) is 12.5. The molecule has 84 valence electrons. The van der Waals surface area contributed by atoms with Crippen LogP contribution in [0.3, 0.4) is 0 Å².